The molecule has 3 heterocycles. The number of hydrogen-bond acceptors (Lipinski definition) is 5. The van der Waals surface area contributed by atoms with Crippen LogP contribution < -0.4 is 15.2 Å². The number of aromatic nitrogens is 2. The van der Waals surface area contributed by atoms with Crippen LogP contribution in [0.3, 0.4) is 0 Å². The molecule has 2 aliphatic heterocycles. The fourth-order valence-electron chi connectivity index (χ4n) is 6.47. The van der Waals surface area contributed by atoms with E-state index in [0.717, 1.165) is 28.3 Å². The summed E-state index contributed by atoms with van der Waals surface area (Å²) in [6.45, 7) is 2.46. The van der Waals surface area contributed by atoms with Crippen LogP contribution in [-0.4, -0.2) is 57.9 Å². The number of carbonyl (C=O) groups excluding carboxylic acids is 1. The Morgan fingerprint density at radius 1 is 0.951 bits per heavy atom. The maximum absolute atomic E-state index is 14.3. The highest BCUT2D eigenvalue weighted by Crippen LogP contribution is 2.43. The summed E-state index contributed by atoms with van der Waals surface area (Å²) in [5.41, 5.74) is 3.30. The molecule has 4 aromatic rings. The van der Waals surface area contributed by atoms with Crippen LogP contribution in [-0.2, 0) is 18.4 Å². The molecular weight excluding hydrogens is 582 g/mol. The number of amides is 1. The summed E-state index contributed by atoms with van der Waals surface area (Å²) in [7, 11) is 3.53. The fourth-order valence-corrected chi connectivity index (χ4v) is 7.04. The van der Waals surface area contributed by atoms with Crippen molar-refractivity contribution in [3.05, 3.63) is 117 Å². The second kappa shape index (κ2) is 11.2. The standard InChI is InChI=1S/C32H34BrN5O3/c1-35-29(27(33)30(39)34-35)28(24-11-5-3-6-12-24)36-18-16-32(17-19-36)31(40)37(21-23-10-9-15-26(20-23)41-2)22-38(32)25-13-7-4-8-14-25/h3-15,20,28H,16-19,21-22H2,1-2H3,(H,34,39). The molecule has 1 N–H and O–H groups in total. The number of aryl methyl sites for hydroxylation is 1. The lowest BCUT2D eigenvalue weighted by atomic mass is 9.84. The average Bonchev–Trinajstić information content (AvgIpc) is 3.41. The number of benzene rings is 3. The lowest BCUT2D eigenvalue weighted by Gasteiger charge is -2.45. The van der Waals surface area contributed by atoms with Gasteiger partial charge < -0.3 is 14.5 Å². The predicted molar refractivity (Wildman–Crippen MR) is 163 cm³/mol. The van der Waals surface area contributed by atoms with E-state index in [1.165, 1.54) is 0 Å². The number of methoxy groups -OCH3 is 1. The van der Waals surface area contributed by atoms with Crippen LogP contribution in [0.15, 0.2) is 94.2 Å². The van der Waals surface area contributed by atoms with Gasteiger partial charge in [0.2, 0.25) is 5.91 Å². The van der Waals surface area contributed by atoms with Crippen molar-refractivity contribution in [3.8, 4) is 5.75 Å². The highest BCUT2D eigenvalue weighted by Gasteiger charge is 2.54. The molecule has 0 saturated carbocycles. The van der Waals surface area contributed by atoms with Gasteiger partial charge in [0, 0.05) is 32.4 Å². The molecule has 1 aromatic heterocycles. The first kappa shape index (κ1) is 27.4. The SMILES string of the molecule is COc1cccc(CN2CN(c3ccccc3)C3(CCN(C(c4ccccc4)c4c(Br)c(=O)[nH]n4C)CC3)C2=O)c1. The van der Waals surface area contributed by atoms with Gasteiger partial charge in [-0.25, -0.2) is 0 Å². The molecule has 212 valence electrons. The van der Waals surface area contributed by atoms with Crippen molar-refractivity contribution in [1.29, 1.82) is 0 Å². The predicted octanol–water partition coefficient (Wildman–Crippen LogP) is 4.92. The minimum atomic E-state index is -0.640. The number of H-pyrrole nitrogens is 1. The highest BCUT2D eigenvalue weighted by atomic mass is 79.9. The van der Waals surface area contributed by atoms with Crippen molar-refractivity contribution < 1.29 is 9.53 Å². The molecule has 2 saturated heterocycles. The van der Waals surface area contributed by atoms with Crippen LogP contribution >= 0.6 is 15.9 Å². The van der Waals surface area contributed by atoms with E-state index >= 15 is 0 Å². The summed E-state index contributed by atoms with van der Waals surface area (Å²) in [4.78, 5) is 33.5. The lowest BCUT2D eigenvalue weighted by Crippen LogP contribution is -2.57. The first-order chi connectivity index (χ1) is 19.9. The summed E-state index contributed by atoms with van der Waals surface area (Å²) in [6.07, 6.45) is 1.35. The smallest absolute Gasteiger partial charge is 0.278 e. The Balaban J connectivity index is 1.32. The van der Waals surface area contributed by atoms with Crippen LogP contribution in [0, 0.1) is 0 Å². The van der Waals surface area contributed by atoms with Crippen LogP contribution in [0.4, 0.5) is 5.69 Å². The van der Waals surface area contributed by atoms with Gasteiger partial charge in [-0.15, -0.1) is 0 Å². The Bertz CT molecular complexity index is 1580. The first-order valence-electron chi connectivity index (χ1n) is 13.9. The second-order valence-corrected chi connectivity index (χ2v) is 11.6. The van der Waals surface area contributed by atoms with Gasteiger partial charge >= 0.3 is 0 Å². The number of carbonyl (C=O) groups is 1. The van der Waals surface area contributed by atoms with Crippen molar-refractivity contribution in [3.63, 3.8) is 0 Å². The third-order valence-corrected chi connectivity index (χ3v) is 9.28. The minimum absolute atomic E-state index is 0.138. The van der Waals surface area contributed by atoms with E-state index < -0.39 is 5.54 Å². The van der Waals surface area contributed by atoms with Crippen LogP contribution in [0.5, 0.6) is 5.75 Å². The molecule has 1 spiro atoms. The maximum Gasteiger partial charge on any atom is 0.278 e. The number of nitrogens with zero attached hydrogens (tertiary/aromatic N) is 4. The molecule has 41 heavy (non-hydrogen) atoms. The van der Waals surface area contributed by atoms with E-state index in [1.807, 2.05) is 72.6 Å². The molecule has 0 bridgehead atoms. The molecule has 3 aromatic carbocycles. The van der Waals surface area contributed by atoms with Crippen molar-refractivity contribution in [1.82, 2.24) is 19.6 Å². The third-order valence-electron chi connectivity index (χ3n) is 8.51. The van der Waals surface area contributed by atoms with Gasteiger partial charge in [0.25, 0.3) is 5.56 Å². The highest BCUT2D eigenvalue weighted by molar-refractivity contribution is 9.10. The Morgan fingerprint density at radius 2 is 1.63 bits per heavy atom. The van der Waals surface area contributed by atoms with E-state index in [-0.39, 0.29) is 17.5 Å². The number of anilines is 1. The Morgan fingerprint density at radius 3 is 2.27 bits per heavy atom. The summed E-state index contributed by atoms with van der Waals surface area (Å²) in [6, 6.07) is 28.3. The normalized spacial score (nSPS) is 17.8. The number of rotatable bonds is 7. The van der Waals surface area contributed by atoms with Crippen molar-refractivity contribution in [2.45, 2.75) is 31.0 Å². The lowest BCUT2D eigenvalue weighted by molar-refractivity contribution is -0.134. The van der Waals surface area contributed by atoms with Crippen LogP contribution in [0.25, 0.3) is 0 Å². The first-order valence-corrected chi connectivity index (χ1v) is 14.7. The molecule has 2 fully saturated rings. The molecule has 9 heteroatoms. The van der Waals surface area contributed by atoms with Gasteiger partial charge in [-0.1, -0.05) is 60.7 Å². The largest absolute Gasteiger partial charge is 0.497 e. The number of ether oxygens (including phenoxy) is 1. The fraction of sp³-hybridized carbons (Fsp3) is 0.312. The maximum atomic E-state index is 14.3. The molecule has 0 aliphatic carbocycles. The van der Waals surface area contributed by atoms with Crippen molar-refractivity contribution in [2.24, 2.45) is 7.05 Å². The third kappa shape index (κ3) is 4.97. The minimum Gasteiger partial charge on any atom is -0.497 e. The van der Waals surface area contributed by atoms with Gasteiger partial charge in [-0.3, -0.25) is 24.3 Å². The van der Waals surface area contributed by atoms with Gasteiger partial charge in [-0.2, -0.15) is 0 Å². The zero-order valence-corrected chi connectivity index (χ0v) is 24.9. The number of piperidine rings is 1. The Hall–Kier alpha value is -3.82. The van der Waals surface area contributed by atoms with Crippen molar-refractivity contribution in [2.75, 3.05) is 31.8 Å². The van der Waals surface area contributed by atoms with Crippen LogP contribution in [0.2, 0.25) is 0 Å². The number of halogens is 1. The summed E-state index contributed by atoms with van der Waals surface area (Å²) >= 11 is 3.56. The zero-order valence-electron chi connectivity index (χ0n) is 23.3. The molecule has 2 aliphatic rings. The molecule has 0 radical (unpaired) electrons. The summed E-state index contributed by atoms with van der Waals surface area (Å²) < 4.78 is 7.78. The van der Waals surface area contributed by atoms with E-state index in [2.05, 4.69) is 55.1 Å². The molecule has 8 nitrogen and oxygen atoms in total. The molecule has 1 amide bonds. The molecule has 6 rings (SSSR count). The number of nitrogens with one attached hydrogen (secondary N) is 1. The summed E-state index contributed by atoms with van der Waals surface area (Å²) in [5, 5.41) is 2.90. The van der Waals surface area contributed by atoms with Gasteiger partial charge in [0.1, 0.15) is 15.8 Å². The van der Waals surface area contributed by atoms with E-state index in [9.17, 15) is 9.59 Å². The van der Waals surface area contributed by atoms with E-state index in [1.54, 1.807) is 11.8 Å². The Kier molecular flexibility index (Phi) is 7.48. The molecule has 1 atom stereocenters. The number of aromatic amines is 1. The van der Waals surface area contributed by atoms with Crippen LogP contribution in [0.1, 0.15) is 35.7 Å². The zero-order chi connectivity index (χ0) is 28.6. The number of para-hydroxylation sites is 1. The van der Waals surface area contributed by atoms with E-state index in [4.69, 9.17) is 4.74 Å². The summed E-state index contributed by atoms with van der Waals surface area (Å²) in [5.74, 6) is 0.949. The average molecular weight is 617 g/mol. The quantitative estimate of drug-likeness (QED) is 0.320. The molecule has 1 unspecified atom stereocenters. The van der Waals surface area contributed by atoms with Gasteiger partial charge in [0.05, 0.1) is 25.5 Å². The van der Waals surface area contributed by atoms with Gasteiger partial charge in [-0.05, 0) is 64.2 Å². The van der Waals surface area contributed by atoms with Gasteiger partial charge in [0.15, 0.2) is 0 Å². The second-order valence-electron chi connectivity index (χ2n) is 10.8. The number of likely N-dealkylation sites (tertiary alicyclic amines) is 1. The van der Waals surface area contributed by atoms with Crippen molar-refractivity contribution >= 4 is 27.5 Å². The van der Waals surface area contributed by atoms with E-state index in [0.29, 0.717) is 43.6 Å². The topological polar surface area (TPSA) is 73.8 Å². The number of hydrogen-bond donors (Lipinski definition) is 1. The molecular formula is C32H34BrN5O3. The monoisotopic (exact) mass is 615 g/mol. The Labute approximate surface area is 248 Å².